The van der Waals surface area contributed by atoms with Crippen molar-refractivity contribution in [1.82, 2.24) is 5.32 Å². The average Bonchev–Trinajstić information content (AvgIpc) is 3.16. The molecule has 208 valence electrons. The van der Waals surface area contributed by atoms with Gasteiger partial charge < -0.3 is 34.5 Å². The second kappa shape index (κ2) is 22.4. The monoisotopic (exact) mass is 503 g/mol. The summed E-state index contributed by atoms with van der Waals surface area (Å²) in [5.41, 5.74) is 0. The Morgan fingerprint density at radius 1 is 0.829 bits per heavy atom. The van der Waals surface area contributed by atoms with Gasteiger partial charge in [0.25, 0.3) is 0 Å². The van der Waals surface area contributed by atoms with Gasteiger partial charge >= 0.3 is 0 Å². The van der Waals surface area contributed by atoms with Gasteiger partial charge in [-0.2, -0.15) is 0 Å². The van der Waals surface area contributed by atoms with Crippen LogP contribution in [0.1, 0.15) is 103 Å². The standard InChI is InChI=1S/C27H53NO7/c1-3-4-5-6-7-8-9-10-11-12-13-14-15-17-24(30)28-18-16-19-34-27-26(33-21-20-32-2)25(31)23(22-29)35-27/h23,25-27,29,31H,3-22H2,1-2H3,(H,28,30)/t23-,25-,26-,27-/m1/s1. The molecule has 8 heteroatoms. The SMILES string of the molecule is CCCCCCCCCCCCCCCC(=O)NCCCO[C@@H]1O[C@H](CO)[C@@H](O)[C@H]1OCCOC. The van der Waals surface area contributed by atoms with Gasteiger partial charge in [0, 0.05) is 20.1 Å². The van der Waals surface area contributed by atoms with Crippen molar-refractivity contribution < 1.29 is 34.0 Å². The Kier molecular flexibility index (Phi) is 20.7. The van der Waals surface area contributed by atoms with E-state index in [9.17, 15) is 15.0 Å². The molecule has 0 aliphatic carbocycles. The Balaban J connectivity index is 1.95. The maximum Gasteiger partial charge on any atom is 0.219 e. The van der Waals surface area contributed by atoms with E-state index in [1.807, 2.05) is 0 Å². The second-order valence-corrected chi connectivity index (χ2v) is 9.61. The Morgan fingerprint density at radius 2 is 1.43 bits per heavy atom. The molecule has 1 aliphatic heterocycles. The molecule has 1 aliphatic rings. The number of carbonyl (C=O) groups excluding carboxylic acids is 1. The van der Waals surface area contributed by atoms with Gasteiger partial charge in [0.15, 0.2) is 6.29 Å². The van der Waals surface area contributed by atoms with Gasteiger partial charge in [0.05, 0.1) is 26.4 Å². The first-order valence-corrected chi connectivity index (χ1v) is 14.1. The molecule has 0 spiro atoms. The number of aliphatic hydroxyl groups excluding tert-OH is 2. The lowest BCUT2D eigenvalue weighted by Gasteiger charge is -2.21. The first kappa shape index (κ1) is 32.3. The summed E-state index contributed by atoms with van der Waals surface area (Å²) < 4.78 is 21.8. The fraction of sp³-hybridized carbons (Fsp3) is 0.963. The number of carbonyl (C=O) groups is 1. The van der Waals surface area contributed by atoms with Gasteiger partial charge in [0.1, 0.15) is 18.3 Å². The normalized spacial score (nSPS) is 22.1. The van der Waals surface area contributed by atoms with Gasteiger partial charge in [-0.15, -0.1) is 0 Å². The van der Waals surface area contributed by atoms with E-state index in [1.165, 1.54) is 70.6 Å². The molecule has 4 atom stereocenters. The average molecular weight is 504 g/mol. The van der Waals surface area contributed by atoms with E-state index in [2.05, 4.69) is 12.2 Å². The Hall–Kier alpha value is -0.770. The van der Waals surface area contributed by atoms with Gasteiger partial charge in [-0.25, -0.2) is 0 Å². The summed E-state index contributed by atoms with van der Waals surface area (Å²) in [5, 5.41) is 22.5. The predicted molar refractivity (Wildman–Crippen MR) is 137 cm³/mol. The highest BCUT2D eigenvalue weighted by atomic mass is 16.7. The highest BCUT2D eigenvalue weighted by molar-refractivity contribution is 5.75. The summed E-state index contributed by atoms with van der Waals surface area (Å²) in [7, 11) is 1.57. The number of unbranched alkanes of at least 4 members (excludes halogenated alkanes) is 12. The summed E-state index contributed by atoms with van der Waals surface area (Å²) in [6.45, 7) is 3.54. The highest BCUT2D eigenvalue weighted by Gasteiger charge is 2.44. The number of ether oxygens (including phenoxy) is 4. The molecule has 1 saturated heterocycles. The zero-order chi connectivity index (χ0) is 25.6. The number of amides is 1. The molecule has 0 aromatic heterocycles. The first-order chi connectivity index (χ1) is 17.1. The zero-order valence-electron chi connectivity index (χ0n) is 22.4. The summed E-state index contributed by atoms with van der Waals surface area (Å²) in [5.74, 6) is 0.0849. The highest BCUT2D eigenvalue weighted by Crippen LogP contribution is 2.25. The van der Waals surface area contributed by atoms with Crippen LogP contribution in [0.3, 0.4) is 0 Å². The van der Waals surface area contributed by atoms with Gasteiger partial charge in [0.2, 0.25) is 5.91 Å². The molecule has 1 fully saturated rings. The van der Waals surface area contributed by atoms with Crippen molar-refractivity contribution in [1.29, 1.82) is 0 Å². The van der Waals surface area contributed by atoms with Crippen LogP contribution >= 0.6 is 0 Å². The van der Waals surface area contributed by atoms with Crippen molar-refractivity contribution >= 4 is 5.91 Å². The van der Waals surface area contributed by atoms with Crippen LogP contribution in [0, 0.1) is 0 Å². The Bertz CT molecular complexity index is 494. The molecule has 35 heavy (non-hydrogen) atoms. The molecule has 0 radical (unpaired) electrons. The van der Waals surface area contributed by atoms with Gasteiger partial charge in [-0.05, 0) is 12.8 Å². The van der Waals surface area contributed by atoms with E-state index in [4.69, 9.17) is 18.9 Å². The summed E-state index contributed by atoms with van der Waals surface area (Å²) in [6.07, 6.45) is 15.0. The minimum absolute atomic E-state index is 0.0849. The van der Waals surface area contributed by atoms with Crippen molar-refractivity contribution in [3.05, 3.63) is 0 Å². The summed E-state index contributed by atoms with van der Waals surface area (Å²) in [6, 6.07) is 0. The van der Waals surface area contributed by atoms with Crippen LogP contribution in [0.2, 0.25) is 0 Å². The Labute approximate surface area is 213 Å². The largest absolute Gasteiger partial charge is 0.394 e. The predicted octanol–water partition coefficient (Wildman–Crippen LogP) is 4.10. The van der Waals surface area contributed by atoms with Crippen LogP contribution in [0.15, 0.2) is 0 Å². The van der Waals surface area contributed by atoms with Crippen LogP contribution in [-0.2, 0) is 23.7 Å². The van der Waals surface area contributed by atoms with Crippen LogP contribution < -0.4 is 5.32 Å². The smallest absolute Gasteiger partial charge is 0.219 e. The third-order valence-corrected chi connectivity index (χ3v) is 6.51. The van der Waals surface area contributed by atoms with E-state index in [0.717, 1.165) is 12.8 Å². The van der Waals surface area contributed by atoms with Crippen molar-refractivity contribution in [2.75, 3.05) is 40.1 Å². The zero-order valence-corrected chi connectivity index (χ0v) is 22.4. The molecule has 0 saturated carbocycles. The third kappa shape index (κ3) is 15.8. The molecule has 3 N–H and O–H groups in total. The molecule has 0 aromatic rings. The fourth-order valence-corrected chi connectivity index (χ4v) is 4.32. The maximum absolute atomic E-state index is 12.0. The van der Waals surface area contributed by atoms with E-state index < -0.39 is 24.6 Å². The van der Waals surface area contributed by atoms with Crippen molar-refractivity contribution in [2.24, 2.45) is 0 Å². The van der Waals surface area contributed by atoms with Gasteiger partial charge in [-0.1, -0.05) is 84.0 Å². The number of aliphatic hydroxyl groups is 2. The van der Waals surface area contributed by atoms with Crippen molar-refractivity contribution in [3.8, 4) is 0 Å². The third-order valence-electron chi connectivity index (χ3n) is 6.51. The lowest BCUT2D eigenvalue weighted by molar-refractivity contribution is -0.182. The first-order valence-electron chi connectivity index (χ1n) is 14.1. The molecular weight excluding hydrogens is 450 g/mol. The number of methoxy groups -OCH3 is 1. The number of nitrogens with one attached hydrogen (secondary N) is 1. The fourth-order valence-electron chi connectivity index (χ4n) is 4.32. The lowest BCUT2D eigenvalue weighted by atomic mass is 10.0. The summed E-state index contributed by atoms with van der Waals surface area (Å²) in [4.78, 5) is 12.0. The van der Waals surface area contributed by atoms with E-state index >= 15 is 0 Å². The van der Waals surface area contributed by atoms with E-state index in [1.54, 1.807) is 7.11 Å². The van der Waals surface area contributed by atoms with E-state index in [0.29, 0.717) is 39.2 Å². The maximum atomic E-state index is 12.0. The molecule has 1 amide bonds. The molecule has 0 bridgehead atoms. The van der Waals surface area contributed by atoms with Crippen LogP contribution in [0.25, 0.3) is 0 Å². The molecule has 8 nitrogen and oxygen atoms in total. The van der Waals surface area contributed by atoms with Crippen molar-refractivity contribution in [3.63, 3.8) is 0 Å². The minimum Gasteiger partial charge on any atom is -0.394 e. The molecule has 0 aromatic carbocycles. The number of hydrogen-bond donors (Lipinski definition) is 3. The van der Waals surface area contributed by atoms with Crippen LogP contribution in [0.5, 0.6) is 0 Å². The second-order valence-electron chi connectivity index (χ2n) is 9.61. The van der Waals surface area contributed by atoms with Crippen molar-refractivity contribution in [2.45, 2.75) is 128 Å². The van der Waals surface area contributed by atoms with E-state index in [-0.39, 0.29) is 12.5 Å². The van der Waals surface area contributed by atoms with Crippen LogP contribution in [0.4, 0.5) is 0 Å². The number of rotatable bonds is 24. The molecule has 0 unspecified atom stereocenters. The topological polar surface area (TPSA) is 106 Å². The molecule has 1 heterocycles. The minimum atomic E-state index is -0.957. The van der Waals surface area contributed by atoms with Gasteiger partial charge in [-0.3, -0.25) is 4.79 Å². The molecular formula is C27H53NO7. The van der Waals surface area contributed by atoms with Crippen LogP contribution in [-0.4, -0.2) is 80.8 Å². The lowest BCUT2D eigenvalue weighted by Crippen LogP contribution is -2.38. The number of hydrogen-bond acceptors (Lipinski definition) is 7. The molecule has 1 rings (SSSR count). The Morgan fingerprint density at radius 3 is 2.00 bits per heavy atom. The summed E-state index contributed by atoms with van der Waals surface area (Å²) >= 11 is 0. The quantitative estimate of drug-likeness (QED) is 0.170.